The molecule has 0 radical (unpaired) electrons. The molecule has 4 N–H and O–H groups in total. The Balaban J connectivity index is 1.78. The van der Waals surface area contributed by atoms with Crippen LogP contribution < -0.4 is 21.3 Å². The summed E-state index contributed by atoms with van der Waals surface area (Å²) in [6.45, 7) is 7.17. The number of amides is 4. The zero-order valence-corrected chi connectivity index (χ0v) is 29.0. The van der Waals surface area contributed by atoms with E-state index in [4.69, 9.17) is 9.47 Å². The van der Waals surface area contributed by atoms with Crippen molar-refractivity contribution in [2.24, 2.45) is 11.8 Å². The summed E-state index contributed by atoms with van der Waals surface area (Å²) in [7, 11) is 0. The van der Waals surface area contributed by atoms with E-state index in [9.17, 15) is 32.8 Å². The van der Waals surface area contributed by atoms with Crippen molar-refractivity contribution >= 4 is 29.4 Å². The number of ether oxygens (including phenoxy) is 3. The molecule has 2 saturated heterocycles. The molecule has 3 rings (SSSR count). The molecule has 0 bridgehead atoms. The van der Waals surface area contributed by atoms with E-state index in [2.05, 4.69) is 26.0 Å². The van der Waals surface area contributed by atoms with Crippen LogP contribution in [0.15, 0.2) is 30.3 Å². The summed E-state index contributed by atoms with van der Waals surface area (Å²) in [6.07, 6.45) is 0.575. The number of alkyl halides is 2. The van der Waals surface area contributed by atoms with Crippen LogP contribution in [0, 0.1) is 11.8 Å². The van der Waals surface area contributed by atoms with Crippen LogP contribution in [0.3, 0.4) is 0 Å². The molecular weight excluding hydrogens is 644 g/mol. The van der Waals surface area contributed by atoms with Gasteiger partial charge >= 0.3 is 6.61 Å². The molecule has 13 nitrogen and oxygen atoms in total. The highest BCUT2D eigenvalue weighted by molar-refractivity contribution is 5.98. The molecule has 4 amide bonds. The summed E-state index contributed by atoms with van der Waals surface area (Å²) in [5.74, 6) is -3.07. The van der Waals surface area contributed by atoms with E-state index >= 15 is 0 Å². The lowest BCUT2D eigenvalue weighted by Crippen LogP contribution is -2.59. The Bertz CT molecular complexity index is 1260. The third kappa shape index (κ3) is 13.7. The third-order valence-corrected chi connectivity index (χ3v) is 8.21. The predicted octanol–water partition coefficient (Wildman–Crippen LogP) is 1.19. The van der Waals surface area contributed by atoms with Crippen LogP contribution in [0.25, 0.3) is 0 Å². The highest BCUT2D eigenvalue weighted by Gasteiger charge is 2.50. The van der Waals surface area contributed by atoms with Crippen molar-refractivity contribution in [1.29, 1.82) is 0 Å². The molecule has 2 fully saturated rings. The Hall–Kier alpha value is -3.53. The van der Waals surface area contributed by atoms with Crippen molar-refractivity contribution in [3.8, 4) is 0 Å². The molecule has 5 atom stereocenters. The third-order valence-electron chi connectivity index (χ3n) is 8.21. The molecule has 0 aliphatic carbocycles. The number of Topliss-reactive ketones (excluding diaryl/α,β-unsaturated/α-hetero) is 1. The molecule has 2 aliphatic rings. The molecule has 2 aliphatic heterocycles. The maximum Gasteiger partial charge on any atom is 0.345 e. The maximum atomic E-state index is 13.8. The van der Waals surface area contributed by atoms with Crippen LogP contribution >= 0.6 is 0 Å². The van der Waals surface area contributed by atoms with E-state index < -0.39 is 66.6 Å². The highest BCUT2D eigenvalue weighted by Crippen LogP contribution is 2.29. The van der Waals surface area contributed by atoms with Gasteiger partial charge in [-0.25, -0.2) is 0 Å². The predicted molar refractivity (Wildman–Crippen MR) is 175 cm³/mol. The molecule has 1 unspecified atom stereocenters. The summed E-state index contributed by atoms with van der Waals surface area (Å²) in [5, 5.41) is 10.6. The molecular formula is C34H51F2N5O8. The van der Waals surface area contributed by atoms with Crippen LogP contribution in [0.5, 0.6) is 0 Å². The molecule has 49 heavy (non-hydrogen) atoms. The van der Waals surface area contributed by atoms with Gasteiger partial charge in [0.15, 0.2) is 5.78 Å². The van der Waals surface area contributed by atoms with E-state index in [0.29, 0.717) is 32.7 Å². The Kier molecular flexibility index (Phi) is 15.5. The van der Waals surface area contributed by atoms with Crippen molar-refractivity contribution in [3.63, 3.8) is 0 Å². The summed E-state index contributed by atoms with van der Waals surface area (Å²) >= 11 is 0. The minimum absolute atomic E-state index is 0.0701. The van der Waals surface area contributed by atoms with Gasteiger partial charge in [-0.3, -0.25) is 28.9 Å². The van der Waals surface area contributed by atoms with Gasteiger partial charge in [0, 0.05) is 19.5 Å². The van der Waals surface area contributed by atoms with Crippen molar-refractivity contribution in [3.05, 3.63) is 35.9 Å². The van der Waals surface area contributed by atoms with Gasteiger partial charge in [0.25, 0.3) is 0 Å². The lowest BCUT2D eigenvalue weighted by molar-refractivity contribution is -0.148. The number of hydrogen-bond donors (Lipinski definition) is 4. The first-order chi connectivity index (χ1) is 23.2. The first-order valence-corrected chi connectivity index (χ1v) is 16.8. The number of hydrogen-bond acceptors (Lipinski definition) is 9. The van der Waals surface area contributed by atoms with Crippen LogP contribution in [-0.4, -0.2) is 117 Å². The van der Waals surface area contributed by atoms with Crippen molar-refractivity contribution in [2.75, 3.05) is 46.1 Å². The second-order valence-electron chi connectivity index (χ2n) is 13.6. The maximum absolute atomic E-state index is 13.8. The van der Waals surface area contributed by atoms with Gasteiger partial charge in [0.1, 0.15) is 23.7 Å². The Labute approximate surface area is 286 Å². The van der Waals surface area contributed by atoms with Gasteiger partial charge < -0.3 is 35.5 Å². The normalized spacial score (nSPS) is 20.3. The summed E-state index contributed by atoms with van der Waals surface area (Å²) < 4.78 is 41.0. The number of rotatable bonds is 20. The minimum atomic E-state index is -3.20. The van der Waals surface area contributed by atoms with E-state index in [1.165, 1.54) is 0 Å². The molecule has 0 spiro atoms. The number of benzene rings is 1. The standard InChI is InChI=1S/C34H51F2N5O8/c1-21(2)15-24(29(43)34(5)20-49-34)38-31(45)26(17-23-9-7-6-8-10-23)40-30(44)25(16-22(3)4)39-32(46)27(19-48-33(35)36)37-28(42)18-41-11-13-47-14-12-41/h6-10,21-22,24-27,33H,11-20H2,1-5H3,(H,37,42)(H,38,45)(H,39,46)(H,40,44)/t24-,25?,26-,27-,34+/m0/s1. The number of ketones is 1. The quantitative estimate of drug-likeness (QED) is 0.147. The Morgan fingerprint density at radius 1 is 0.816 bits per heavy atom. The molecule has 15 heteroatoms. The number of nitrogens with zero attached hydrogens (tertiary/aromatic N) is 1. The number of nitrogens with one attached hydrogen (secondary N) is 4. The second kappa shape index (κ2) is 19.0. The zero-order valence-electron chi connectivity index (χ0n) is 29.0. The monoisotopic (exact) mass is 695 g/mol. The SMILES string of the molecule is CC(C)CC(NC(=O)[C@H](COC(F)F)NC(=O)CN1CCOCC1)C(=O)N[C@@H](Cc1ccccc1)C(=O)N[C@@H](CC(C)C)C(=O)[C@@]1(C)CO1. The average Bonchev–Trinajstić information content (AvgIpc) is 3.80. The number of carbonyl (C=O) groups excluding carboxylic acids is 5. The summed E-state index contributed by atoms with van der Waals surface area (Å²) in [5.41, 5.74) is -0.233. The van der Waals surface area contributed by atoms with Gasteiger partial charge in [-0.05, 0) is 37.2 Å². The molecule has 1 aromatic carbocycles. The lowest BCUT2D eigenvalue weighted by atomic mass is 9.93. The Morgan fingerprint density at radius 3 is 1.92 bits per heavy atom. The number of morpholine rings is 1. The largest absolute Gasteiger partial charge is 0.379 e. The van der Waals surface area contributed by atoms with Crippen LogP contribution in [0.1, 0.15) is 53.0 Å². The number of carbonyl (C=O) groups is 5. The average molecular weight is 696 g/mol. The first-order valence-electron chi connectivity index (χ1n) is 16.8. The van der Waals surface area contributed by atoms with Crippen molar-refractivity contribution < 1.29 is 47.0 Å². The first kappa shape index (κ1) is 39.9. The van der Waals surface area contributed by atoms with Crippen LogP contribution in [0.2, 0.25) is 0 Å². The fraction of sp³-hybridized carbons (Fsp3) is 0.676. The van der Waals surface area contributed by atoms with Gasteiger partial charge in [-0.2, -0.15) is 8.78 Å². The topological polar surface area (TPSA) is 168 Å². The van der Waals surface area contributed by atoms with E-state index in [-0.39, 0.29) is 43.6 Å². The van der Waals surface area contributed by atoms with Gasteiger partial charge in [-0.15, -0.1) is 0 Å². The van der Waals surface area contributed by atoms with Gasteiger partial charge in [-0.1, -0.05) is 58.0 Å². The van der Waals surface area contributed by atoms with Crippen LogP contribution in [0.4, 0.5) is 8.78 Å². The summed E-state index contributed by atoms with van der Waals surface area (Å²) in [6, 6.07) is 4.27. The van der Waals surface area contributed by atoms with Crippen molar-refractivity contribution in [1.82, 2.24) is 26.2 Å². The smallest absolute Gasteiger partial charge is 0.345 e. The molecule has 0 aromatic heterocycles. The molecule has 2 heterocycles. The van der Waals surface area contributed by atoms with Gasteiger partial charge in [0.05, 0.1) is 39.0 Å². The zero-order chi connectivity index (χ0) is 36.1. The van der Waals surface area contributed by atoms with Crippen molar-refractivity contribution in [2.45, 2.75) is 90.3 Å². The fourth-order valence-corrected chi connectivity index (χ4v) is 5.46. The lowest BCUT2D eigenvalue weighted by Gasteiger charge is -2.29. The Morgan fingerprint density at radius 2 is 1.35 bits per heavy atom. The number of halogens is 2. The minimum Gasteiger partial charge on any atom is -0.379 e. The van der Waals surface area contributed by atoms with E-state index in [1.54, 1.807) is 36.1 Å². The van der Waals surface area contributed by atoms with E-state index in [0.717, 1.165) is 5.56 Å². The highest BCUT2D eigenvalue weighted by atomic mass is 19.3. The second-order valence-corrected chi connectivity index (χ2v) is 13.6. The van der Waals surface area contributed by atoms with Crippen LogP contribution in [-0.2, 0) is 44.6 Å². The molecule has 274 valence electrons. The van der Waals surface area contributed by atoms with Gasteiger partial charge in [0.2, 0.25) is 23.6 Å². The summed E-state index contributed by atoms with van der Waals surface area (Å²) in [4.78, 5) is 68.8. The number of epoxide rings is 1. The van der Waals surface area contributed by atoms with E-state index in [1.807, 2.05) is 33.8 Å². The molecule has 1 aromatic rings. The fourth-order valence-electron chi connectivity index (χ4n) is 5.46. The molecule has 0 saturated carbocycles.